The van der Waals surface area contributed by atoms with Crippen molar-refractivity contribution in [2.45, 2.75) is 57.9 Å². The number of Topliss-reactive ketones (excluding diaryl/α,β-unsaturated/α-hetero) is 1. The first-order valence-corrected chi connectivity index (χ1v) is 8.98. The molecule has 1 saturated heterocycles. The zero-order valence-corrected chi connectivity index (χ0v) is 13.6. The van der Waals surface area contributed by atoms with Gasteiger partial charge < -0.3 is 10.1 Å². The third-order valence-electron chi connectivity index (χ3n) is 6.66. The van der Waals surface area contributed by atoms with Crippen molar-refractivity contribution >= 4 is 5.78 Å². The molecule has 0 aromatic rings. The van der Waals surface area contributed by atoms with Crippen molar-refractivity contribution in [2.75, 3.05) is 19.8 Å². The van der Waals surface area contributed by atoms with E-state index in [0.717, 1.165) is 64.7 Å². The van der Waals surface area contributed by atoms with E-state index in [0.29, 0.717) is 11.8 Å². The molecule has 120 valence electrons. The minimum atomic E-state index is -0.263. The van der Waals surface area contributed by atoms with Crippen molar-refractivity contribution in [1.82, 2.24) is 5.32 Å². The number of hydrogen-bond donors (Lipinski definition) is 1. The number of carbonyl (C=O) groups excluding carboxylic acids is 1. The fourth-order valence-electron chi connectivity index (χ4n) is 5.77. The number of nitrogens with one attached hydrogen (secondary N) is 1. The number of carbonyl (C=O) groups is 1. The summed E-state index contributed by atoms with van der Waals surface area (Å²) in [6.45, 7) is 4.50. The SMILES string of the molecule is CCOC[C@@]12CCCC(=O)[C@@]13CCN[C@@H]2CC1=C3C=CCC1. The van der Waals surface area contributed by atoms with Gasteiger partial charge in [0.1, 0.15) is 5.78 Å². The first-order valence-electron chi connectivity index (χ1n) is 8.98. The predicted molar refractivity (Wildman–Crippen MR) is 86.6 cm³/mol. The summed E-state index contributed by atoms with van der Waals surface area (Å²) in [6, 6.07) is 0.419. The van der Waals surface area contributed by atoms with Crippen LogP contribution < -0.4 is 5.32 Å². The van der Waals surface area contributed by atoms with Gasteiger partial charge in [0.05, 0.1) is 12.0 Å². The molecule has 3 nitrogen and oxygen atoms in total. The molecule has 1 saturated carbocycles. The molecule has 4 rings (SSSR count). The Kier molecular flexibility index (Phi) is 3.54. The second-order valence-electron chi connectivity index (χ2n) is 7.39. The molecule has 1 heterocycles. The Morgan fingerprint density at radius 3 is 3.14 bits per heavy atom. The first kappa shape index (κ1) is 14.6. The van der Waals surface area contributed by atoms with Crippen LogP contribution in [0.5, 0.6) is 0 Å². The van der Waals surface area contributed by atoms with E-state index in [-0.39, 0.29) is 10.8 Å². The van der Waals surface area contributed by atoms with E-state index < -0.39 is 0 Å². The van der Waals surface area contributed by atoms with E-state index in [2.05, 4.69) is 24.4 Å². The minimum Gasteiger partial charge on any atom is -0.381 e. The smallest absolute Gasteiger partial charge is 0.144 e. The summed E-state index contributed by atoms with van der Waals surface area (Å²) in [5.74, 6) is 0.490. The van der Waals surface area contributed by atoms with E-state index in [1.54, 1.807) is 5.57 Å². The second kappa shape index (κ2) is 5.31. The summed E-state index contributed by atoms with van der Waals surface area (Å²) in [5.41, 5.74) is 2.65. The number of ether oxygens (including phenoxy) is 1. The summed E-state index contributed by atoms with van der Waals surface area (Å²) in [5, 5.41) is 3.76. The van der Waals surface area contributed by atoms with Gasteiger partial charge in [-0.05, 0) is 57.6 Å². The summed E-state index contributed by atoms with van der Waals surface area (Å²) in [7, 11) is 0. The molecule has 1 aliphatic heterocycles. The third kappa shape index (κ3) is 1.73. The van der Waals surface area contributed by atoms with Crippen LogP contribution in [-0.4, -0.2) is 31.6 Å². The quantitative estimate of drug-likeness (QED) is 0.870. The van der Waals surface area contributed by atoms with Crippen LogP contribution in [0.3, 0.4) is 0 Å². The molecule has 3 atom stereocenters. The lowest BCUT2D eigenvalue weighted by Crippen LogP contribution is -2.69. The molecule has 0 unspecified atom stereocenters. The van der Waals surface area contributed by atoms with Crippen LogP contribution in [0.4, 0.5) is 0 Å². The Labute approximate surface area is 133 Å². The van der Waals surface area contributed by atoms with Crippen molar-refractivity contribution < 1.29 is 9.53 Å². The van der Waals surface area contributed by atoms with E-state index in [1.807, 2.05) is 0 Å². The Hall–Kier alpha value is -0.930. The van der Waals surface area contributed by atoms with Crippen LogP contribution in [0.2, 0.25) is 0 Å². The van der Waals surface area contributed by atoms with Crippen molar-refractivity contribution in [3.05, 3.63) is 23.3 Å². The van der Waals surface area contributed by atoms with E-state index in [1.165, 1.54) is 5.57 Å². The molecule has 0 spiro atoms. The van der Waals surface area contributed by atoms with Crippen molar-refractivity contribution in [1.29, 1.82) is 0 Å². The van der Waals surface area contributed by atoms with Crippen LogP contribution >= 0.6 is 0 Å². The highest BCUT2D eigenvalue weighted by atomic mass is 16.5. The van der Waals surface area contributed by atoms with Crippen molar-refractivity contribution in [2.24, 2.45) is 10.8 Å². The van der Waals surface area contributed by atoms with Gasteiger partial charge in [-0.25, -0.2) is 0 Å². The van der Waals surface area contributed by atoms with Gasteiger partial charge in [-0.3, -0.25) is 4.79 Å². The van der Waals surface area contributed by atoms with Crippen LogP contribution in [0, 0.1) is 10.8 Å². The fraction of sp³-hybridized carbons (Fsp3) is 0.737. The van der Waals surface area contributed by atoms with Gasteiger partial charge in [0.25, 0.3) is 0 Å². The molecule has 1 N–H and O–H groups in total. The summed E-state index contributed by atoms with van der Waals surface area (Å²) in [4.78, 5) is 13.2. The van der Waals surface area contributed by atoms with Crippen LogP contribution in [0.25, 0.3) is 0 Å². The standard InChI is InChI=1S/C19H27NO2/c1-2-22-13-18-9-5-8-17(21)19(18)10-11-20-16(18)12-14-6-3-4-7-15(14)19/h4,7,16,20H,2-3,5-6,8-13H2,1H3/t16-,18-,19+/m1/s1. The Bertz CT molecular complexity index is 550. The molecule has 22 heavy (non-hydrogen) atoms. The number of hydrogen-bond acceptors (Lipinski definition) is 3. The topological polar surface area (TPSA) is 38.3 Å². The van der Waals surface area contributed by atoms with E-state index in [9.17, 15) is 4.79 Å². The summed E-state index contributed by atoms with van der Waals surface area (Å²) in [6.07, 6.45) is 11.8. The van der Waals surface area contributed by atoms with Gasteiger partial charge in [-0.2, -0.15) is 0 Å². The lowest BCUT2D eigenvalue weighted by atomic mass is 9.43. The second-order valence-corrected chi connectivity index (χ2v) is 7.39. The monoisotopic (exact) mass is 301 g/mol. The minimum absolute atomic E-state index is 0.0168. The van der Waals surface area contributed by atoms with E-state index in [4.69, 9.17) is 4.74 Å². The van der Waals surface area contributed by atoms with Crippen LogP contribution in [0.15, 0.2) is 23.3 Å². The highest BCUT2D eigenvalue weighted by molar-refractivity contribution is 5.91. The molecular weight excluding hydrogens is 274 g/mol. The highest BCUT2D eigenvalue weighted by Gasteiger charge is 2.65. The third-order valence-corrected chi connectivity index (χ3v) is 6.66. The highest BCUT2D eigenvalue weighted by Crippen LogP contribution is 2.63. The summed E-state index contributed by atoms with van der Waals surface area (Å²) >= 11 is 0. The average Bonchev–Trinajstić information content (AvgIpc) is 2.53. The van der Waals surface area contributed by atoms with Gasteiger partial charge in [-0.1, -0.05) is 17.7 Å². The molecule has 0 aromatic carbocycles. The number of allylic oxidation sites excluding steroid dienone is 3. The van der Waals surface area contributed by atoms with Crippen LogP contribution in [0.1, 0.15) is 51.9 Å². The largest absolute Gasteiger partial charge is 0.381 e. The van der Waals surface area contributed by atoms with Crippen molar-refractivity contribution in [3.8, 4) is 0 Å². The van der Waals surface area contributed by atoms with Crippen LogP contribution in [-0.2, 0) is 9.53 Å². The zero-order chi connectivity index (χ0) is 15.2. The first-order chi connectivity index (χ1) is 10.7. The molecule has 4 aliphatic rings. The molecule has 0 amide bonds. The predicted octanol–water partition coefficient (Wildman–Crippen LogP) is 3.16. The van der Waals surface area contributed by atoms with Gasteiger partial charge in [0.2, 0.25) is 0 Å². The molecule has 2 bridgehead atoms. The van der Waals surface area contributed by atoms with Gasteiger partial charge in [0, 0.05) is 24.5 Å². The Morgan fingerprint density at radius 2 is 2.27 bits per heavy atom. The van der Waals surface area contributed by atoms with Gasteiger partial charge in [0.15, 0.2) is 0 Å². The number of piperidine rings is 1. The normalized spacial score (nSPS) is 40.4. The molecule has 0 aromatic heterocycles. The van der Waals surface area contributed by atoms with Crippen molar-refractivity contribution in [3.63, 3.8) is 0 Å². The maximum atomic E-state index is 13.2. The Balaban J connectivity index is 1.90. The molecular formula is C19H27NO2. The fourth-order valence-corrected chi connectivity index (χ4v) is 5.77. The van der Waals surface area contributed by atoms with E-state index >= 15 is 0 Å². The lowest BCUT2D eigenvalue weighted by molar-refractivity contribution is -0.156. The molecule has 3 aliphatic carbocycles. The maximum Gasteiger partial charge on any atom is 0.144 e. The molecule has 3 heteroatoms. The molecule has 0 radical (unpaired) electrons. The lowest BCUT2D eigenvalue weighted by Gasteiger charge is -2.63. The number of rotatable bonds is 3. The molecule has 2 fully saturated rings. The van der Waals surface area contributed by atoms with Gasteiger partial charge >= 0.3 is 0 Å². The number of ketones is 1. The average molecular weight is 301 g/mol. The van der Waals surface area contributed by atoms with Gasteiger partial charge in [-0.15, -0.1) is 0 Å². The Morgan fingerprint density at radius 1 is 1.36 bits per heavy atom. The zero-order valence-electron chi connectivity index (χ0n) is 13.6. The maximum absolute atomic E-state index is 13.2. The summed E-state index contributed by atoms with van der Waals surface area (Å²) < 4.78 is 5.95.